The van der Waals surface area contributed by atoms with Gasteiger partial charge in [-0.15, -0.1) is 5.10 Å². The van der Waals surface area contributed by atoms with Gasteiger partial charge in [0.1, 0.15) is 0 Å². The SMILES string of the molecule is O=C(Nc1nnc(Cc2ccccc2)o1)C1CCN(S(=O)(=O)c2ccc(Cl)cc2)CC1. The lowest BCUT2D eigenvalue weighted by molar-refractivity contribution is -0.121. The predicted octanol–water partition coefficient (Wildman–Crippen LogP) is 3.35. The number of hydrogen-bond donors (Lipinski definition) is 1. The fraction of sp³-hybridized carbons (Fsp3) is 0.286. The summed E-state index contributed by atoms with van der Waals surface area (Å²) in [4.78, 5) is 12.8. The number of aromatic nitrogens is 2. The number of carbonyl (C=O) groups is 1. The number of hydrogen-bond acceptors (Lipinski definition) is 6. The first-order chi connectivity index (χ1) is 14.9. The Labute approximate surface area is 185 Å². The predicted molar refractivity (Wildman–Crippen MR) is 115 cm³/mol. The van der Waals surface area contributed by atoms with E-state index in [1.807, 2.05) is 30.3 Å². The van der Waals surface area contributed by atoms with Crippen molar-refractivity contribution in [3.63, 3.8) is 0 Å². The normalized spacial score (nSPS) is 15.6. The molecule has 10 heteroatoms. The highest BCUT2D eigenvalue weighted by atomic mass is 35.5. The minimum absolute atomic E-state index is 0.0483. The summed E-state index contributed by atoms with van der Waals surface area (Å²) in [6, 6.07) is 15.8. The topological polar surface area (TPSA) is 105 Å². The molecule has 162 valence electrons. The summed E-state index contributed by atoms with van der Waals surface area (Å²) in [5.41, 5.74) is 1.03. The third kappa shape index (κ3) is 5.12. The Hall–Kier alpha value is -2.75. The first-order valence-corrected chi connectivity index (χ1v) is 11.7. The van der Waals surface area contributed by atoms with Crippen molar-refractivity contribution in [3.8, 4) is 0 Å². The van der Waals surface area contributed by atoms with Crippen LogP contribution in [0.25, 0.3) is 0 Å². The van der Waals surface area contributed by atoms with Gasteiger partial charge in [-0.25, -0.2) is 8.42 Å². The summed E-state index contributed by atoms with van der Waals surface area (Å²) < 4.78 is 32.4. The Balaban J connectivity index is 1.32. The molecule has 0 radical (unpaired) electrons. The minimum Gasteiger partial charge on any atom is -0.407 e. The van der Waals surface area contributed by atoms with Crippen LogP contribution in [0, 0.1) is 5.92 Å². The van der Waals surface area contributed by atoms with Gasteiger partial charge in [0.05, 0.1) is 11.3 Å². The number of amides is 1. The van der Waals surface area contributed by atoms with Crippen molar-refractivity contribution in [2.75, 3.05) is 18.4 Å². The highest BCUT2D eigenvalue weighted by molar-refractivity contribution is 7.89. The Morgan fingerprint density at radius 1 is 1.06 bits per heavy atom. The standard InChI is InChI=1S/C21H21ClN4O4S/c22-17-6-8-18(9-7-17)31(28,29)26-12-10-16(11-13-26)20(27)23-21-25-24-19(30-21)14-15-4-2-1-3-5-15/h1-9,16H,10-14H2,(H,23,25,27). The second-order valence-electron chi connectivity index (χ2n) is 7.28. The summed E-state index contributed by atoms with van der Waals surface area (Å²) in [6.45, 7) is 0.512. The molecule has 0 aliphatic carbocycles. The molecule has 1 N–H and O–H groups in total. The van der Waals surface area contributed by atoms with Gasteiger partial charge in [0, 0.05) is 24.0 Å². The molecule has 3 aromatic rings. The molecule has 0 saturated carbocycles. The molecule has 0 unspecified atom stereocenters. The molecular formula is C21H21ClN4O4S. The number of benzene rings is 2. The molecule has 31 heavy (non-hydrogen) atoms. The van der Waals surface area contributed by atoms with Crippen LogP contribution in [0.4, 0.5) is 6.01 Å². The second-order valence-corrected chi connectivity index (χ2v) is 9.66. The summed E-state index contributed by atoms with van der Waals surface area (Å²) >= 11 is 5.84. The van der Waals surface area contributed by atoms with Crippen molar-refractivity contribution in [1.82, 2.24) is 14.5 Å². The number of nitrogens with one attached hydrogen (secondary N) is 1. The Kier molecular flexibility index (Phi) is 6.35. The van der Waals surface area contributed by atoms with Gasteiger partial charge in [-0.05, 0) is 42.7 Å². The molecular weight excluding hydrogens is 440 g/mol. The van der Waals surface area contributed by atoms with Crippen LogP contribution in [-0.2, 0) is 21.2 Å². The zero-order valence-corrected chi connectivity index (χ0v) is 18.1. The number of anilines is 1. The summed E-state index contributed by atoms with van der Waals surface area (Å²) in [6.07, 6.45) is 1.29. The van der Waals surface area contributed by atoms with Crippen molar-refractivity contribution in [2.24, 2.45) is 5.92 Å². The molecule has 8 nitrogen and oxygen atoms in total. The van der Waals surface area contributed by atoms with E-state index in [-0.39, 0.29) is 35.8 Å². The van der Waals surface area contributed by atoms with E-state index in [1.165, 1.54) is 16.4 Å². The number of nitrogens with zero attached hydrogens (tertiary/aromatic N) is 3. The lowest BCUT2D eigenvalue weighted by Gasteiger charge is -2.30. The largest absolute Gasteiger partial charge is 0.407 e. The Morgan fingerprint density at radius 2 is 1.74 bits per heavy atom. The van der Waals surface area contributed by atoms with Crippen LogP contribution in [0.2, 0.25) is 5.02 Å². The molecule has 0 atom stereocenters. The van der Waals surface area contributed by atoms with Gasteiger partial charge in [-0.3, -0.25) is 10.1 Å². The number of sulfonamides is 1. The molecule has 1 saturated heterocycles. The number of carbonyl (C=O) groups excluding carboxylic acids is 1. The summed E-state index contributed by atoms with van der Waals surface area (Å²) in [7, 11) is -3.61. The highest BCUT2D eigenvalue weighted by Gasteiger charge is 2.32. The molecule has 1 aliphatic rings. The monoisotopic (exact) mass is 460 g/mol. The van der Waals surface area contributed by atoms with Crippen LogP contribution in [0.15, 0.2) is 63.9 Å². The first-order valence-electron chi connectivity index (χ1n) is 9.85. The minimum atomic E-state index is -3.61. The van der Waals surface area contributed by atoms with E-state index in [2.05, 4.69) is 15.5 Å². The third-order valence-corrected chi connectivity index (χ3v) is 7.34. The van der Waals surface area contributed by atoms with Crippen LogP contribution in [-0.4, -0.2) is 41.9 Å². The third-order valence-electron chi connectivity index (χ3n) is 5.17. The maximum atomic E-state index is 12.8. The van der Waals surface area contributed by atoms with Gasteiger partial charge >= 0.3 is 6.01 Å². The number of rotatable bonds is 6. The average molecular weight is 461 g/mol. The Morgan fingerprint density at radius 3 is 2.42 bits per heavy atom. The van der Waals surface area contributed by atoms with E-state index < -0.39 is 10.0 Å². The van der Waals surface area contributed by atoms with Crippen molar-refractivity contribution in [2.45, 2.75) is 24.2 Å². The van der Waals surface area contributed by atoms with Gasteiger partial charge in [0.2, 0.25) is 21.8 Å². The van der Waals surface area contributed by atoms with E-state index >= 15 is 0 Å². The molecule has 2 aromatic carbocycles. The van der Waals surface area contributed by atoms with Crippen LogP contribution in [0.3, 0.4) is 0 Å². The van der Waals surface area contributed by atoms with Gasteiger partial charge in [0.15, 0.2) is 0 Å². The molecule has 4 rings (SSSR count). The zero-order chi connectivity index (χ0) is 21.8. The fourth-order valence-electron chi connectivity index (χ4n) is 3.47. The second kappa shape index (κ2) is 9.17. The molecule has 0 spiro atoms. The smallest absolute Gasteiger partial charge is 0.322 e. The molecule has 2 heterocycles. The van der Waals surface area contributed by atoms with Gasteiger partial charge in [0.25, 0.3) is 0 Å². The van der Waals surface area contributed by atoms with E-state index in [1.54, 1.807) is 12.1 Å². The van der Waals surface area contributed by atoms with Crippen molar-refractivity contribution < 1.29 is 17.6 Å². The Bertz CT molecular complexity index is 1140. The van der Waals surface area contributed by atoms with E-state index in [0.717, 1.165) is 5.56 Å². The van der Waals surface area contributed by atoms with Crippen LogP contribution in [0.1, 0.15) is 24.3 Å². The highest BCUT2D eigenvalue weighted by Crippen LogP contribution is 2.25. The van der Waals surface area contributed by atoms with Crippen LogP contribution >= 0.6 is 11.6 Å². The summed E-state index contributed by atoms with van der Waals surface area (Å²) in [5.74, 6) is -0.176. The van der Waals surface area contributed by atoms with E-state index in [4.69, 9.17) is 16.0 Å². The fourth-order valence-corrected chi connectivity index (χ4v) is 5.06. The lowest BCUT2D eigenvalue weighted by atomic mass is 9.97. The molecule has 1 aliphatic heterocycles. The van der Waals surface area contributed by atoms with E-state index in [9.17, 15) is 13.2 Å². The zero-order valence-electron chi connectivity index (χ0n) is 16.6. The van der Waals surface area contributed by atoms with Crippen LogP contribution in [0.5, 0.6) is 0 Å². The van der Waals surface area contributed by atoms with E-state index in [0.29, 0.717) is 30.2 Å². The maximum Gasteiger partial charge on any atom is 0.322 e. The van der Waals surface area contributed by atoms with Gasteiger partial charge in [-0.2, -0.15) is 4.31 Å². The van der Waals surface area contributed by atoms with Crippen molar-refractivity contribution in [1.29, 1.82) is 0 Å². The van der Waals surface area contributed by atoms with Gasteiger partial charge < -0.3 is 4.42 Å². The lowest BCUT2D eigenvalue weighted by Crippen LogP contribution is -2.41. The molecule has 0 bridgehead atoms. The molecule has 1 fully saturated rings. The van der Waals surface area contributed by atoms with Crippen molar-refractivity contribution in [3.05, 3.63) is 71.1 Å². The number of piperidine rings is 1. The van der Waals surface area contributed by atoms with Gasteiger partial charge in [-0.1, -0.05) is 47.0 Å². The average Bonchev–Trinajstić information content (AvgIpc) is 3.21. The molecule has 1 aromatic heterocycles. The quantitative estimate of drug-likeness (QED) is 0.604. The van der Waals surface area contributed by atoms with Crippen LogP contribution < -0.4 is 5.32 Å². The first kappa shape index (κ1) is 21.5. The number of halogens is 1. The van der Waals surface area contributed by atoms with Crippen molar-refractivity contribution >= 4 is 33.5 Å². The summed E-state index contributed by atoms with van der Waals surface area (Å²) in [5, 5.41) is 11.0. The molecule has 1 amide bonds. The maximum absolute atomic E-state index is 12.8.